The number of hydrogen-bond acceptors (Lipinski definition) is 8. The van der Waals surface area contributed by atoms with Crippen LogP contribution in [-0.2, 0) is 17.8 Å². The van der Waals surface area contributed by atoms with Crippen LogP contribution in [-0.4, -0.2) is 85.8 Å². The number of anilines is 2. The molecule has 0 spiro atoms. The highest BCUT2D eigenvalue weighted by molar-refractivity contribution is 5.86. The van der Waals surface area contributed by atoms with Crippen LogP contribution in [0.1, 0.15) is 30.9 Å². The van der Waals surface area contributed by atoms with Gasteiger partial charge in [-0.3, -0.25) is 14.8 Å². The summed E-state index contributed by atoms with van der Waals surface area (Å²) >= 11 is 0. The molecule has 2 aliphatic heterocycles. The number of fused-ring (bicyclic) bond motifs is 2. The van der Waals surface area contributed by atoms with E-state index >= 15 is 0 Å². The summed E-state index contributed by atoms with van der Waals surface area (Å²) in [4.78, 5) is 24.7. The predicted octanol–water partition coefficient (Wildman–Crippen LogP) is 1.61. The van der Waals surface area contributed by atoms with E-state index in [2.05, 4.69) is 60.0 Å². The van der Waals surface area contributed by atoms with Gasteiger partial charge < -0.3 is 20.6 Å². The van der Waals surface area contributed by atoms with Crippen LogP contribution in [0.2, 0.25) is 0 Å². The number of benzene rings is 1. The van der Waals surface area contributed by atoms with E-state index in [-0.39, 0.29) is 11.9 Å². The highest BCUT2D eigenvalue weighted by atomic mass is 16.3. The topological polar surface area (TPSA) is 122 Å². The number of aliphatic hydroxyl groups excluding tert-OH is 1. The number of β-amino-alcohol motifs (C(OH)–C–C–N with tert-alkyl or cyclic N) is 1. The number of carbonyl (C=O) groups excluding carboxylic acids is 1. The second-order valence-corrected chi connectivity index (χ2v) is 9.24. The number of aromatic nitrogens is 4. The lowest BCUT2D eigenvalue weighted by Gasteiger charge is -2.31. The molecule has 0 bridgehead atoms. The van der Waals surface area contributed by atoms with Gasteiger partial charge in [-0.2, -0.15) is 10.1 Å². The minimum Gasteiger partial charge on any atom is -0.390 e. The molecule has 1 amide bonds. The summed E-state index contributed by atoms with van der Waals surface area (Å²) in [6.45, 7) is 5.94. The normalized spacial score (nSPS) is 18.0. The summed E-state index contributed by atoms with van der Waals surface area (Å²) in [5.74, 6) is 1.31. The molecule has 4 heterocycles. The fraction of sp³-hybridized carbons (Fsp3) is 0.500. The van der Waals surface area contributed by atoms with Gasteiger partial charge in [0.25, 0.3) is 0 Å². The van der Waals surface area contributed by atoms with Gasteiger partial charge >= 0.3 is 0 Å². The molecule has 1 fully saturated rings. The summed E-state index contributed by atoms with van der Waals surface area (Å²) < 4.78 is 0. The number of nitrogens with zero attached hydrogens (tertiary/aromatic N) is 5. The van der Waals surface area contributed by atoms with Crippen molar-refractivity contribution < 1.29 is 9.90 Å². The van der Waals surface area contributed by atoms with Crippen molar-refractivity contribution in [3.05, 3.63) is 41.6 Å². The molecule has 1 saturated heterocycles. The summed E-state index contributed by atoms with van der Waals surface area (Å²) in [5.41, 5.74) is 3.39. The monoisotopic (exact) mass is 464 g/mol. The minimum absolute atomic E-state index is 0.125. The Kier molecular flexibility index (Phi) is 6.59. The molecule has 10 heteroatoms. The van der Waals surface area contributed by atoms with E-state index in [0.29, 0.717) is 30.5 Å². The lowest BCUT2D eigenvalue weighted by molar-refractivity contribution is -0.129. The quantitative estimate of drug-likeness (QED) is 0.416. The number of nitrogens with one attached hydrogen (secondary N) is 3. The number of carbonyl (C=O) groups is 1. The Morgan fingerprint density at radius 1 is 1.24 bits per heavy atom. The second kappa shape index (κ2) is 9.94. The Bertz CT molecular complexity index is 1140. The van der Waals surface area contributed by atoms with Crippen molar-refractivity contribution in [2.24, 2.45) is 0 Å². The Hall–Kier alpha value is -3.24. The van der Waals surface area contributed by atoms with Crippen LogP contribution < -0.4 is 10.6 Å². The van der Waals surface area contributed by atoms with Gasteiger partial charge in [0.15, 0.2) is 11.5 Å². The van der Waals surface area contributed by atoms with Crippen LogP contribution >= 0.6 is 0 Å². The summed E-state index contributed by atoms with van der Waals surface area (Å²) in [7, 11) is 0. The smallest absolute Gasteiger partial charge is 0.224 e. The largest absolute Gasteiger partial charge is 0.390 e. The van der Waals surface area contributed by atoms with Crippen molar-refractivity contribution in [1.29, 1.82) is 0 Å². The Morgan fingerprint density at radius 2 is 2.03 bits per heavy atom. The Balaban J connectivity index is 1.13. The summed E-state index contributed by atoms with van der Waals surface area (Å²) in [6, 6.07) is 8.76. The Morgan fingerprint density at radius 3 is 2.82 bits per heavy atom. The van der Waals surface area contributed by atoms with Gasteiger partial charge in [-0.05, 0) is 30.4 Å². The van der Waals surface area contributed by atoms with Crippen LogP contribution in [0.3, 0.4) is 0 Å². The highest BCUT2D eigenvalue weighted by Crippen LogP contribution is 2.21. The molecule has 2 aromatic heterocycles. The fourth-order valence-corrected chi connectivity index (χ4v) is 4.82. The molecule has 0 saturated carbocycles. The molecule has 0 radical (unpaired) electrons. The van der Waals surface area contributed by atoms with Crippen LogP contribution in [0.15, 0.2) is 30.5 Å². The molecule has 4 N–H and O–H groups in total. The van der Waals surface area contributed by atoms with Crippen molar-refractivity contribution in [2.75, 3.05) is 43.4 Å². The van der Waals surface area contributed by atoms with E-state index < -0.39 is 6.10 Å². The molecule has 0 unspecified atom stereocenters. The molecule has 1 atom stereocenters. The van der Waals surface area contributed by atoms with Crippen molar-refractivity contribution in [1.82, 2.24) is 30.0 Å². The number of aromatic amines is 1. The number of aliphatic hydroxyl groups is 1. The zero-order valence-corrected chi connectivity index (χ0v) is 19.5. The average Bonchev–Trinajstić information content (AvgIpc) is 3.25. The summed E-state index contributed by atoms with van der Waals surface area (Å²) in [6.07, 6.45) is 3.99. The van der Waals surface area contributed by atoms with Crippen LogP contribution in [0.25, 0.3) is 11.0 Å². The van der Waals surface area contributed by atoms with E-state index in [4.69, 9.17) is 0 Å². The number of H-pyrrole nitrogens is 1. The van der Waals surface area contributed by atoms with Crippen LogP contribution in [0.4, 0.5) is 11.8 Å². The SMILES string of the molecule is CC(=O)N1CCC(Nc2ncc3c(NC[C@@H](O)CN4CCc5ccccc5C4)n[nH]c3n2)CC1. The van der Waals surface area contributed by atoms with Crippen LogP contribution in [0, 0.1) is 0 Å². The third-order valence-corrected chi connectivity index (χ3v) is 6.77. The van der Waals surface area contributed by atoms with E-state index in [1.54, 1.807) is 13.1 Å². The maximum Gasteiger partial charge on any atom is 0.224 e. The highest BCUT2D eigenvalue weighted by Gasteiger charge is 2.22. The molecule has 2 aliphatic rings. The molecule has 180 valence electrons. The van der Waals surface area contributed by atoms with Crippen LogP contribution in [0.5, 0.6) is 0 Å². The van der Waals surface area contributed by atoms with Gasteiger partial charge in [0.2, 0.25) is 11.9 Å². The first-order chi connectivity index (χ1) is 16.5. The Labute approximate surface area is 198 Å². The maximum absolute atomic E-state index is 11.5. The molecular weight excluding hydrogens is 432 g/mol. The zero-order valence-electron chi connectivity index (χ0n) is 19.5. The minimum atomic E-state index is -0.514. The van der Waals surface area contributed by atoms with Gasteiger partial charge in [-0.15, -0.1) is 0 Å². The van der Waals surface area contributed by atoms with Gasteiger partial charge in [0.1, 0.15) is 0 Å². The van der Waals surface area contributed by atoms with E-state index in [1.165, 1.54) is 11.1 Å². The van der Waals surface area contributed by atoms with Crippen molar-refractivity contribution in [2.45, 2.75) is 44.9 Å². The van der Waals surface area contributed by atoms with Gasteiger partial charge in [0, 0.05) is 58.4 Å². The first kappa shape index (κ1) is 22.5. The molecule has 0 aliphatic carbocycles. The standard InChI is InChI=1S/C24H32N8O2/c1-16(33)32-10-7-19(8-11-32)27-24-26-13-21-22(29-30-23(21)28-24)25-12-20(34)15-31-9-6-17-4-2-3-5-18(17)14-31/h2-5,13,19-20,34H,6-12,14-15H2,1H3,(H3,25,26,27,28,29,30)/t20-/m1/s1. The number of likely N-dealkylation sites (tertiary alicyclic amines) is 1. The van der Waals surface area contributed by atoms with E-state index in [1.807, 2.05) is 4.90 Å². The summed E-state index contributed by atoms with van der Waals surface area (Å²) in [5, 5.41) is 25.3. The average molecular weight is 465 g/mol. The molecule has 10 nitrogen and oxygen atoms in total. The van der Waals surface area contributed by atoms with Crippen molar-refractivity contribution >= 4 is 28.7 Å². The molecule has 1 aromatic carbocycles. The first-order valence-corrected chi connectivity index (χ1v) is 12.0. The molecule has 34 heavy (non-hydrogen) atoms. The van der Waals surface area contributed by atoms with Gasteiger partial charge in [0.05, 0.1) is 11.5 Å². The van der Waals surface area contributed by atoms with Crippen molar-refractivity contribution in [3.63, 3.8) is 0 Å². The van der Waals surface area contributed by atoms with Gasteiger partial charge in [-0.1, -0.05) is 24.3 Å². The van der Waals surface area contributed by atoms with Crippen molar-refractivity contribution in [3.8, 4) is 0 Å². The van der Waals surface area contributed by atoms with Gasteiger partial charge in [-0.25, -0.2) is 4.98 Å². The lowest BCUT2D eigenvalue weighted by Crippen LogP contribution is -2.41. The van der Waals surface area contributed by atoms with E-state index in [0.717, 1.165) is 50.8 Å². The number of hydrogen-bond donors (Lipinski definition) is 4. The maximum atomic E-state index is 11.5. The van der Waals surface area contributed by atoms with E-state index in [9.17, 15) is 9.90 Å². The number of amides is 1. The third kappa shape index (κ3) is 5.13. The first-order valence-electron chi connectivity index (χ1n) is 12.0. The fourth-order valence-electron chi connectivity index (χ4n) is 4.82. The second-order valence-electron chi connectivity index (χ2n) is 9.24. The zero-order chi connectivity index (χ0) is 23.5. The molecule has 5 rings (SSSR count). The molecule has 3 aromatic rings. The third-order valence-electron chi connectivity index (χ3n) is 6.77. The lowest BCUT2D eigenvalue weighted by atomic mass is 10.00. The number of piperidine rings is 1. The number of rotatable bonds is 7. The molecular formula is C24H32N8O2. The predicted molar refractivity (Wildman–Crippen MR) is 131 cm³/mol.